The summed E-state index contributed by atoms with van der Waals surface area (Å²) < 4.78 is 24.2. The molecule has 1 aromatic rings. The molecule has 2 N–H and O–H groups in total. The fourth-order valence-corrected chi connectivity index (χ4v) is 2.70. The number of carbonyl (C=O) groups excluding carboxylic acids is 1. The number of amides is 1. The highest BCUT2D eigenvalue weighted by atomic mass is 79.9. The van der Waals surface area contributed by atoms with E-state index in [2.05, 4.69) is 26.2 Å². The minimum absolute atomic E-state index is 0.0415. The summed E-state index contributed by atoms with van der Waals surface area (Å²) in [6.45, 7) is 0. The van der Waals surface area contributed by atoms with E-state index in [4.69, 9.17) is 0 Å². The van der Waals surface area contributed by atoms with Gasteiger partial charge in [-0.2, -0.15) is 0 Å². The van der Waals surface area contributed by atoms with Gasteiger partial charge in [-0.1, -0.05) is 22.0 Å². The number of sulfonamides is 1. The third-order valence-corrected chi connectivity index (χ3v) is 4.10. The van der Waals surface area contributed by atoms with Crippen molar-refractivity contribution in [1.82, 2.24) is 10.3 Å². The van der Waals surface area contributed by atoms with Crippen LogP contribution in [0.4, 0.5) is 0 Å². The van der Waals surface area contributed by atoms with Crippen molar-refractivity contribution >= 4 is 31.9 Å². The van der Waals surface area contributed by atoms with E-state index in [0.29, 0.717) is 4.47 Å². The van der Waals surface area contributed by atoms with Crippen LogP contribution in [0.2, 0.25) is 0 Å². The molecule has 0 radical (unpaired) electrons. The van der Waals surface area contributed by atoms with Crippen molar-refractivity contribution < 1.29 is 13.2 Å². The Hall–Kier alpha value is -0.920. The van der Waals surface area contributed by atoms with Gasteiger partial charge in [0, 0.05) is 10.4 Å². The maximum absolute atomic E-state index is 11.8. The molecular weight excluding hydrogens is 308 g/mol. The Morgan fingerprint density at radius 1 is 1.35 bits per heavy atom. The van der Waals surface area contributed by atoms with Gasteiger partial charge in [-0.15, -0.1) is 4.83 Å². The highest BCUT2D eigenvalue weighted by Gasteiger charge is 2.30. The van der Waals surface area contributed by atoms with E-state index in [1.807, 2.05) is 0 Å². The third-order valence-electron chi connectivity index (χ3n) is 2.36. The summed E-state index contributed by atoms with van der Waals surface area (Å²) in [5.41, 5.74) is 2.21. The Labute approximate surface area is 108 Å². The minimum Gasteiger partial charge on any atom is -0.277 e. The van der Waals surface area contributed by atoms with Crippen LogP contribution in [-0.4, -0.2) is 14.3 Å². The quantitative estimate of drug-likeness (QED) is 0.818. The maximum atomic E-state index is 11.8. The molecule has 92 valence electrons. The minimum atomic E-state index is -3.70. The fourth-order valence-electron chi connectivity index (χ4n) is 1.26. The lowest BCUT2D eigenvalue weighted by molar-refractivity contribution is -0.122. The van der Waals surface area contributed by atoms with Crippen LogP contribution >= 0.6 is 15.9 Å². The van der Waals surface area contributed by atoms with Gasteiger partial charge in [0.1, 0.15) is 0 Å². The molecule has 7 heteroatoms. The second-order valence-electron chi connectivity index (χ2n) is 3.83. The fraction of sp³-hybridized carbons (Fsp3) is 0.300. The molecular formula is C10H11BrN2O3S. The lowest BCUT2D eigenvalue weighted by Crippen LogP contribution is -2.42. The molecule has 0 saturated heterocycles. The summed E-state index contributed by atoms with van der Waals surface area (Å²) in [6.07, 6.45) is 1.65. The highest BCUT2D eigenvalue weighted by Crippen LogP contribution is 2.28. The van der Waals surface area contributed by atoms with Crippen LogP contribution in [0.15, 0.2) is 33.6 Å². The van der Waals surface area contributed by atoms with Crippen LogP contribution in [0, 0.1) is 5.92 Å². The van der Waals surface area contributed by atoms with Crippen molar-refractivity contribution in [2.45, 2.75) is 17.7 Å². The van der Waals surface area contributed by atoms with Gasteiger partial charge < -0.3 is 0 Å². The molecule has 1 fully saturated rings. The number of hydrazine groups is 1. The summed E-state index contributed by atoms with van der Waals surface area (Å²) in [5.74, 6) is -0.316. The van der Waals surface area contributed by atoms with Gasteiger partial charge in [-0.05, 0) is 31.0 Å². The Balaban J connectivity index is 2.05. The first-order valence-corrected chi connectivity index (χ1v) is 7.34. The summed E-state index contributed by atoms with van der Waals surface area (Å²) in [7, 11) is -3.70. The van der Waals surface area contributed by atoms with Crippen LogP contribution in [-0.2, 0) is 14.8 Å². The molecule has 0 spiro atoms. The predicted octanol–water partition coefficient (Wildman–Crippen LogP) is 1.17. The zero-order chi connectivity index (χ0) is 12.5. The van der Waals surface area contributed by atoms with E-state index < -0.39 is 10.0 Å². The number of hydrogen-bond acceptors (Lipinski definition) is 3. The van der Waals surface area contributed by atoms with E-state index in [1.54, 1.807) is 12.1 Å². The number of benzene rings is 1. The second-order valence-corrected chi connectivity index (χ2v) is 6.42. The van der Waals surface area contributed by atoms with Crippen molar-refractivity contribution in [3.63, 3.8) is 0 Å². The number of rotatable bonds is 4. The van der Waals surface area contributed by atoms with Crippen LogP contribution in [0.3, 0.4) is 0 Å². The van der Waals surface area contributed by atoms with Gasteiger partial charge in [0.15, 0.2) is 0 Å². The molecule has 1 amide bonds. The smallest absolute Gasteiger partial charge is 0.257 e. The Morgan fingerprint density at radius 3 is 2.65 bits per heavy atom. The predicted molar refractivity (Wildman–Crippen MR) is 65.3 cm³/mol. The molecule has 0 atom stereocenters. The van der Waals surface area contributed by atoms with Crippen molar-refractivity contribution in [3.8, 4) is 0 Å². The standard InChI is InChI=1S/C10H11BrN2O3S/c11-8-2-1-3-9(6-8)17(15,16)13-12-10(14)7-4-5-7/h1-3,6-7,13H,4-5H2,(H,12,14). The van der Waals surface area contributed by atoms with Crippen LogP contribution < -0.4 is 10.3 Å². The molecule has 0 unspecified atom stereocenters. The van der Waals surface area contributed by atoms with Crippen molar-refractivity contribution in [2.75, 3.05) is 0 Å². The molecule has 5 nitrogen and oxygen atoms in total. The first-order chi connectivity index (χ1) is 7.99. The Bertz CT molecular complexity index is 540. The summed E-state index contributed by atoms with van der Waals surface area (Å²) in [4.78, 5) is 13.5. The van der Waals surface area contributed by atoms with Gasteiger partial charge in [-0.25, -0.2) is 8.42 Å². The molecule has 0 bridgehead atoms. The molecule has 1 aliphatic carbocycles. The first-order valence-electron chi connectivity index (χ1n) is 5.06. The van der Waals surface area contributed by atoms with Crippen molar-refractivity contribution in [1.29, 1.82) is 0 Å². The third kappa shape index (κ3) is 3.27. The second kappa shape index (κ2) is 4.75. The molecule has 17 heavy (non-hydrogen) atoms. The molecule has 0 heterocycles. The van der Waals surface area contributed by atoms with E-state index in [9.17, 15) is 13.2 Å². The zero-order valence-corrected chi connectivity index (χ0v) is 11.2. The van der Waals surface area contributed by atoms with Crippen molar-refractivity contribution in [2.24, 2.45) is 5.92 Å². The van der Waals surface area contributed by atoms with Gasteiger partial charge in [0.05, 0.1) is 4.90 Å². The van der Waals surface area contributed by atoms with E-state index >= 15 is 0 Å². The van der Waals surface area contributed by atoms with Crippen molar-refractivity contribution in [3.05, 3.63) is 28.7 Å². The maximum Gasteiger partial charge on any atom is 0.257 e. The largest absolute Gasteiger partial charge is 0.277 e. The Kier molecular flexibility index (Phi) is 3.50. The van der Waals surface area contributed by atoms with E-state index in [0.717, 1.165) is 12.8 Å². The summed E-state index contributed by atoms with van der Waals surface area (Å²) in [5, 5.41) is 0. The van der Waals surface area contributed by atoms with Gasteiger partial charge in [0.2, 0.25) is 5.91 Å². The SMILES string of the molecule is O=C(NNS(=O)(=O)c1cccc(Br)c1)C1CC1. The molecule has 1 saturated carbocycles. The van der Waals surface area contributed by atoms with Gasteiger partial charge in [-0.3, -0.25) is 10.2 Å². The van der Waals surface area contributed by atoms with E-state index in [1.165, 1.54) is 12.1 Å². The average Bonchev–Trinajstić information content (AvgIpc) is 3.10. The van der Waals surface area contributed by atoms with Crippen LogP contribution in [0.5, 0.6) is 0 Å². The van der Waals surface area contributed by atoms with Crippen LogP contribution in [0.25, 0.3) is 0 Å². The first kappa shape index (κ1) is 12.5. The molecule has 2 rings (SSSR count). The van der Waals surface area contributed by atoms with Gasteiger partial charge >= 0.3 is 0 Å². The molecule has 0 aliphatic heterocycles. The zero-order valence-electron chi connectivity index (χ0n) is 8.81. The molecule has 1 aromatic carbocycles. The molecule has 1 aliphatic rings. The van der Waals surface area contributed by atoms with Crippen LogP contribution in [0.1, 0.15) is 12.8 Å². The molecule has 0 aromatic heterocycles. The Morgan fingerprint density at radius 2 is 2.06 bits per heavy atom. The number of hydrogen-bond donors (Lipinski definition) is 2. The number of nitrogens with one attached hydrogen (secondary N) is 2. The summed E-state index contributed by atoms with van der Waals surface area (Å²) >= 11 is 3.19. The normalized spacial score (nSPS) is 15.6. The summed E-state index contributed by atoms with van der Waals surface area (Å²) in [6, 6.07) is 6.26. The topological polar surface area (TPSA) is 75.3 Å². The monoisotopic (exact) mass is 318 g/mol. The lowest BCUT2D eigenvalue weighted by Gasteiger charge is -2.07. The van der Waals surface area contributed by atoms with E-state index in [-0.39, 0.29) is 16.7 Å². The average molecular weight is 319 g/mol. The highest BCUT2D eigenvalue weighted by molar-refractivity contribution is 9.10. The lowest BCUT2D eigenvalue weighted by atomic mass is 10.4. The number of carbonyl (C=O) groups is 1. The number of halogens is 1. The van der Waals surface area contributed by atoms with Gasteiger partial charge in [0.25, 0.3) is 10.0 Å².